The largest absolute Gasteiger partial charge is 0.491 e. The highest BCUT2D eigenvalue weighted by atomic mass is 16.5. The molecular formula is C26H37N3O3. The van der Waals surface area contributed by atoms with Crippen LogP contribution in [0.1, 0.15) is 62.7 Å². The fourth-order valence-corrected chi connectivity index (χ4v) is 3.97. The highest BCUT2D eigenvalue weighted by molar-refractivity contribution is 5.76. The van der Waals surface area contributed by atoms with E-state index >= 15 is 0 Å². The van der Waals surface area contributed by atoms with E-state index in [2.05, 4.69) is 24.4 Å². The van der Waals surface area contributed by atoms with Crippen LogP contribution >= 0.6 is 0 Å². The Bertz CT molecular complexity index is 1040. The smallest absolute Gasteiger partial charge is 0.328 e. The van der Waals surface area contributed by atoms with Crippen molar-refractivity contribution < 1.29 is 9.84 Å². The number of fused-ring (bicyclic) bond motifs is 1. The summed E-state index contributed by atoms with van der Waals surface area (Å²) >= 11 is 0. The molecule has 1 heterocycles. The van der Waals surface area contributed by atoms with Gasteiger partial charge >= 0.3 is 5.69 Å². The van der Waals surface area contributed by atoms with E-state index in [0.717, 1.165) is 35.4 Å². The highest BCUT2D eigenvalue weighted by Crippen LogP contribution is 2.21. The minimum atomic E-state index is -0.770. The SMILES string of the molecule is CCCCCCCCNCc1ccc(OCC(O)c2ccc3c(c2)n(C)c(=O)n3C)cc1. The van der Waals surface area contributed by atoms with Gasteiger partial charge in [-0.1, -0.05) is 57.2 Å². The summed E-state index contributed by atoms with van der Waals surface area (Å²) in [4.78, 5) is 12.1. The Labute approximate surface area is 190 Å². The van der Waals surface area contributed by atoms with Gasteiger partial charge in [0.2, 0.25) is 0 Å². The van der Waals surface area contributed by atoms with Crippen LogP contribution in [0.15, 0.2) is 47.3 Å². The Morgan fingerprint density at radius 1 is 0.938 bits per heavy atom. The predicted octanol–water partition coefficient (Wildman–Crippen LogP) is 4.44. The van der Waals surface area contributed by atoms with Crippen molar-refractivity contribution in [2.75, 3.05) is 13.2 Å². The third kappa shape index (κ3) is 6.24. The lowest BCUT2D eigenvalue weighted by molar-refractivity contribution is 0.108. The molecule has 0 spiro atoms. The van der Waals surface area contributed by atoms with Crippen LogP contribution in [0.3, 0.4) is 0 Å². The highest BCUT2D eigenvalue weighted by Gasteiger charge is 2.13. The molecule has 6 heteroatoms. The molecule has 3 rings (SSSR count). The number of aryl methyl sites for hydroxylation is 2. The Morgan fingerprint density at radius 2 is 1.62 bits per heavy atom. The molecule has 174 valence electrons. The summed E-state index contributed by atoms with van der Waals surface area (Å²) in [5.41, 5.74) is 3.51. The van der Waals surface area contributed by atoms with Gasteiger partial charge in [0.25, 0.3) is 0 Å². The minimum absolute atomic E-state index is 0.0792. The molecule has 0 fully saturated rings. The Hall–Kier alpha value is -2.57. The minimum Gasteiger partial charge on any atom is -0.491 e. The van der Waals surface area contributed by atoms with Crippen molar-refractivity contribution in [1.82, 2.24) is 14.5 Å². The van der Waals surface area contributed by atoms with Gasteiger partial charge in [-0.3, -0.25) is 9.13 Å². The Kier molecular flexibility index (Phi) is 8.94. The molecule has 1 atom stereocenters. The van der Waals surface area contributed by atoms with Gasteiger partial charge in [-0.15, -0.1) is 0 Å². The first kappa shape index (κ1) is 24.1. The summed E-state index contributed by atoms with van der Waals surface area (Å²) in [7, 11) is 3.49. The average Bonchev–Trinajstić information content (AvgIpc) is 3.03. The first-order chi connectivity index (χ1) is 15.5. The molecule has 3 aromatic rings. The maximum atomic E-state index is 12.1. The van der Waals surface area contributed by atoms with Gasteiger partial charge in [0.15, 0.2) is 0 Å². The summed E-state index contributed by atoms with van der Waals surface area (Å²) in [5.74, 6) is 0.733. The van der Waals surface area contributed by atoms with Crippen molar-refractivity contribution in [1.29, 1.82) is 0 Å². The fourth-order valence-electron chi connectivity index (χ4n) is 3.97. The van der Waals surface area contributed by atoms with Crippen molar-refractivity contribution in [3.8, 4) is 5.75 Å². The molecule has 32 heavy (non-hydrogen) atoms. The van der Waals surface area contributed by atoms with Crippen LogP contribution in [0, 0.1) is 0 Å². The van der Waals surface area contributed by atoms with E-state index in [1.807, 2.05) is 30.3 Å². The number of nitrogens with one attached hydrogen (secondary N) is 1. The van der Waals surface area contributed by atoms with E-state index in [-0.39, 0.29) is 12.3 Å². The number of rotatable bonds is 13. The maximum absolute atomic E-state index is 12.1. The van der Waals surface area contributed by atoms with Crippen LogP contribution in [0.5, 0.6) is 5.75 Å². The van der Waals surface area contributed by atoms with Crippen LogP contribution in [0.4, 0.5) is 0 Å². The molecule has 0 aliphatic heterocycles. The maximum Gasteiger partial charge on any atom is 0.328 e. The van der Waals surface area contributed by atoms with E-state index in [4.69, 9.17) is 4.74 Å². The number of unbranched alkanes of at least 4 members (excludes halogenated alkanes) is 5. The van der Waals surface area contributed by atoms with Crippen LogP contribution in [-0.2, 0) is 20.6 Å². The van der Waals surface area contributed by atoms with Gasteiger partial charge < -0.3 is 15.2 Å². The van der Waals surface area contributed by atoms with Crippen LogP contribution in [-0.4, -0.2) is 27.4 Å². The summed E-state index contributed by atoms with van der Waals surface area (Å²) < 4.78 is 8.99. The molecule has 2 aromatic carbocycles. The number of aromatic nitrogens is 2. The van der Waals surface area contributed by atoms with Gasteiger partial charge in [0.1, 0.15) is 18.5 Å². The average molecular weight is 440 g/mol. The number of imidazole rings is 1. The first-order valence-corrected chi connectivity index (χ1v) is 11.8. The van der Waals surface area contributed by atoms with Crippen molar-refractivity contribution in [3.63, 3.8) is 0 Å². The number of hydrogen-bond donors (Lipinski definition) is 2. The number of nitrogens with zero attached hydrogens (tertiary/aromatic N) is 2. The lowest BCUT2D eigenvalue weighted by Gasteiger charge is -2.14. The molecule has 0 aliphatic rings. The summed E-state index contributed by atoms with van der Waals surface area (Å²) in [6.07, 6.45) is 7.10. The number of aliphatic hydroxyl groups is 1. The first-order valence-electron chi connectivity index (χ1n) is 11.8. The standard InChI is InChI=1S/C26H37N3O3/c1-4-5-6-7-8-9-16-27-18-20-10-13-22(14-11-20)32-19-25(30)21-12-15-23-24(17-21)29(3)26(31)28(23)2/h10-15,17,25,27,30H,4-9,16,18-19H2,1-3H3. The molecule has 2 N–H and O–H groups in total. The van der Waals surface area contributed by atoms with Gasteiger partial charge in [0, 0.05) is 20.6 Å². The zero-order valence-electron chi connectivity index (χ0n) is 19.6. The molecule has 1 aromatic heterocycles. The summed E-state index contributed by atoms with van der Waals surface area (Å²) in [5, 5.41) is 14.1. The van der Waals surface area contributed by atoms with Crippen LogP contribution in [0.2, 0.25) is 0 Å². The molecule has 0 bridgehead atoms. The molecule has 0 radical (unpaired) electrons. The Morgan fingerprint density at radius 3 is 2.38 bits per heavy atom. The number of ether oxygens (including phenoxy) is 1. The van der Waals surface area contributed by atoms with Crippen molar-refractivity contribution in [2.45, 2.75) is 58.1 Å². The topological polar surface area (TPSA) is 68.4 Å². The molecular weight excluding hydrogens is 402 g/mol. The van der Waals surface area contributed by atoms with Crippen molar-refractivity contribution in [2.24, 2.45) is 14.1 Å². The van der Waals surface area contributed by atoms with E-state index in [9.17, 15) is 9.90 Å². The van der Waals surface area contributed by atoms with Gasteiger partial charge in [-0.25, -0.2) is 4.79 Å². The Balaban J connectivity index is 1.43. The number of aliphatic hydroxyl groups excluding tert-OH is 1. The molecule has 0 amide bonds. The normalized spacial score (nSPS) is 12.4. The number of hydrogen-bond acceptors (Lipinski definition) is 4. The quantitative estimate of drug-likeness (QED) is 0.386. The third-order valence-electron chi connectivity index (χ3n) is 6.05. The zero-order chi connectivity index (χ0) is 22.9. The van der Waals surface area contributed by atoms with Gasteiger partial charge in [0.05, 0.1) is 11.0 Å². The van der Waals surface area contributed by atoms with Crippen molar-refractivity contribution in [3.05, 3.63) is 64.1 Å². The van der Waals surface area contributed by atoms with Crippen LogP contribution in [0.25, 0.3) is 11.0 Å². The second-order valence-corrected chi connectivity index (χ2v) is 8.56. The van der Waals surface area contributed by atoms with E-state index in [1.54, 1.807) is 23.2 Å². The zero-order valence-corrected chi connectivity index (χ0v) is 19.6. The van der Waals surface area contributed by atoms with E-state index in [1.165, 1.54) is 44.1 Å². The van der Waals surface area contributed by atoms with Crippen molar-refractivity contribution >= 4 is 11.0 Å². The predicted molar refractivity (Wildman–Crippen MR) is 130 cm³/mol. The molecule has 0 saturated heterocycles. The second-order valence-electron chi connectivity index (χ2n) is 8.56. The van der Waals surface area contributed by atoms with Gasteiger partial charge in [-0.05, 0) is 48.4 Å². The molecule has 0 aliphatic carbocycles. The summed E-state index contributed by atoms with van der Waals surface area (Å²) in [6, 6.07) is 13.6. The van der Waals surface area contributed by atoms with E-state index in [0.29, 0.717) is 0 Å². The lowest BCUT2D eigenvalue weighted by atomic mass is 10.1. The van der Waals surface area contributed by atoms with Gasteiger partial charge in [-0.2, -0.15) is 0 Å². The molecule has 6 nitrogen and oxygen atoms in total. The molecule has 0 saturated carbocycles. The number of benzene rings is 2. The monoisotopic (exact) mass is 439 g/mol. The fraction of sp³-hybridized carbons (Fsp3) is 0.500. The lowest BCUT2D eigenvalue weighted by Crippen LogP contribution is -2.19. The van der Waals surface area contributed by atoms with Crippen LogP contribution < -0.4 is 15.7 Å². The second kappa shape index (κ2) is 11.9. The molecule has 1 unspecified atom stereocenters. The third-order valence-corrected chi connectivity index (χ3v) is 6.05. The van der Waals surface area contributed by atoms with E-state index < -0.39 is 6.10 Å². The summed E-state index contributed by atoms with van der Waals surface area (Å²) in [6.45, 7) is 4.31.